The maximum absolute atomic E-state index is 9.72. The Bertz CT molecular complexity index is 1350. The Kier molecular flexibility index (Phi) is 4.79. The first kappa shape index (κ1) is 18.9. The highest BCUT2D eigenvalue weighted by atomic mass is 35.5. The zero-order chi connectivity index (χ0) is 20.7. The fourth-order valence-corrected chi connectivity index (χ4v) is 4.17. The number of aliphatic hydroxyl groups is 2. The maximum Gasteiger partial charge on any atom is 0.210 e. The second kappa shape index (κ2) is 7.61. The summed E-state index contributed by atoms with van der Waals surface area (Å²) in [6.45, 7) is -0.140. The van der Waals surface area contributed by atoms with Crippen LogP contribution in [0.2, 0.25) is 5.02 Å². The molecule has 1 atom stereocenters. The number of hydrogen-bond acceptors (Lipinski definition) is 9. The third-order valence-corrected chi connectivity index (χ3v) is 5.86. The fraction of sp³-hybridized carbons (Fsp3) is 0.167. The maximum atomic E-state index is 9.72. The van der Waals surface area contributed by atoms with Gasteiger partial charge in [0.05, 0.1) is 48.0 Å². The summed E-state index contributed by atoms with van der Waals surface area (Å²) < 4.78 is 1.69. The minimum atomic E-state index is -0.887. The molecule has 5 rings (SSSR count). The number of aliphatic hydroxyl groups excluding tert-OH is 2. The SMILES string of the molecule is OCC(O)Cn1cnc2c(-c3nnc(Nc4ccc5[nH]ncc5c4Cl)s3)ccnc21. The van der Waals surface area contributed by atoms with Crippen molar-refractivity contribution in [2.45, 2.75) is 12.6 Å². The van der Waals surface area contributed by atoms with Crippen molar-refractivity contribution in [2.24, 2.45) is 0 Å². The van der Waals surface area contributed by atoms with Gasteiger partial charge in [0.2, 0.25) is 5.13 Å². The summed E-state index contributed by atoms with van der Waals surface area (Å²) in [4.78, 5) is 8.76. The lowest BCUT2D eigenvalue weighted by Crippen LogP contribution is -2.19. The van der Waals surface area contributed by atoms with E-state index in [0.29, 0.717) is 32.0 Å². The number of anilines is 2. The average molecular weight is 443 g/mol. The van der Waals surface area contributed by atoms with Crippen LogP contribution in [-0.4, -0.2) is 57.9 Å². The summed E-state index contributed by atoms with van der Waals surface area (Å²) in [5.41, 5.74) is 3.57. The normalized spacial score (nSPS) is 12.6. The first-order chi connectivity index (χ1) is 14.6. The zero-order valence-electron chi connectivity index (χ0n) is 15.3. The van der Waals surface area contributed by atoms with Gasteiger partial charge in [0.25, 0.3) is 0 Å². The number of pyridine rings is 1. The molecule has 4 aromatic heterocycles. The van der Waals surface area contributed by atoms with E-state index >= 15 is 0 Å². The lowest BCUT2D eigenvalue weighted by molar-refractivity contribution is 0.0820. The highest BCUT2D eigenvalue weighted by molar-refractivity contribution is 7.18. The second-order valence-electron chi connectivity index (χ2n) is 6.56. The second-order valence-corrected chi connectivity index (χ2v) is 7.92. The summed E-state index contributed by atoms with van der Waals surface area (Å²) in [5.74, 6) is 0. The Morgan fingerprint density at radius 2 is 2.13 bits per heavy atom. The van der Waals surface area contributed by atoms with Crippen molar-refractivity contribution >= 4 is 55.8 Å². The molecule has 5 aromatic rings. The van der Waals surface area contributed by atoms with Crippen LogP contribution in [0, 0.1) is 0 Å². The van der Waals surface area contributed by atoms with Crippen molar-refractivity contribution in [3.8, 4) is 10.6 Å². The van der Waals surface area contributed by atoms with Gasteiger partial charge in [-0.3, -0.25) is 5.10 Å². The van der Waals surface area contributed by atoms with Gasteiger partial charge in [-0.05, 0) is 18.2 Å². The molecule has 0 fully saturated rings. The lowest BCUT2D eigenvalue weighted by atomic mass is 10.2. The smallest absolute Gasteiger partial charge is 0.210 e. The van der Waals surface area contributed by atoms with Gasteiger partial charge < -0.3 is 20.1 Å². The van der Waals surface area contributed by atoms with Crippen LogP contribution in [0.5, 0.6) is 0 Å². The van der Waals surface area contributed by atoms with E-state index in [1.54, 1.807) is 23.3 Å². The Balaban J connectivity index is 1.46. The van der Waals surface area contributed by atoms with E-state index in [1.165, 1.54) is 11.3 Å². The van der Waals surface area contributed by atoms with Crippen molar-refractivity contribution < 1.29 is 10.2 Å². The minimum absolute atomic E-state index is 0.196. The number of hydrogen-bond donors (Lipinski definition) is 4. The topological polar surface area (TPSA) is 138 Å². The van der Waals surface area contributed by atoms with E-state index in [1.807, 2.05) is 18.2 Å². The molecule has 0 saturated carbocycles. The quantitative estimate of drug-likeness (QED) is 0.315. The Morgan fingerprint density at radius 3 is 3.00 bits per heavy atom. The monoisotopic (exact) mass is 442 g/mol. The van der Waals surface area contributed by atoms with Crippen molar-refractivity contribution in [3.05, 3.63) is 41.9 Å². The molecule has 30 heavy (non-hydrogen) atoms. The third kappa shape index (κ3) is 3.27. The number of fused-ring (bicyclic) bond motifs is 2. The van der Waals surface area contributed by atoms with E-state index in [-0.39, 0.29) is 13.2 Å². The van der Waals surface area contributed by atoms with E-state index in [0.717, 1.165) is 16.5 Å². The first-order valence-electron chi connectivity index (χ1n) is 8.95. The molecule has 12 heteroatoms. The van der Waals surface area contributed by atoms with Gasteiger partial charge in [-0.15, -0.1) is 10.2 Å². The molecule has 0 bridgehead atoms. The Hall–Kier alpha value is -3.12. The molecule has 152 valence electrons. The van der Waals surface area contributed by atoms with Crippen LogP contribution in [-0.2, 0) is 6.54 Å². The molecular weight excluding hydrogens is 428 g/mol. The summed E-state index contributed by atoms with van der Waals surface area (Å²) in [7, 11) is 0. The molecule has 4 N–H and O–H groups in total. The molecule has 0 radical (unpaired) electrons. The largest absolute Gasteiger partial charge is 0.394 e. The van der Waals surface area contributed by atoms with E-state index in [2.05, 4.69) is 35.7 Å². The Labute approximate surface area is 178 Å². The predicted molar refractivity (Wildman–Crippen MR) is 114 cm³/mol. The molecule has 10 nitrogen and oxygen atoms in total. The first-order valence-corrected chi connectivity index (χ1v) is 10.1. The standard InChI is InChI=1S/C18H15ClN8O2S/c19-14-11-5-22-24-12(11)1-2-13(14)23-18-26-25-17(30-18)10-3-4-20-16-15(10)21-8-27(16)6-9(29)7-28/h1-5,8-9,28-29H,6-7H2,(H,22,24)(H,23,26). The highest BCUT2D eigenvalue weighted by Crippen LogP contribution is 2.35. The molecule has 0 spiro atoms. The van der Waals surface area contributed by atoms with Crippen molar-refractivity contribution in [2.75, 3.05) is 11.9 Å². The van der Waals surface area contributed by atoms with Gasteiger partial charge in [0, 0.05) is 17.1 Å². The molecular formula is C18H15ClN8O2S. The van der Waals surface area contributed by atoms with Gasteiger partial charge in [-0.2, -0.15) is 5.10 Å². The number of H-pyrrole nitrogens is 1. The molecule has 1 aromatic carbocycles. The third-order valence-electron chi connectivity index (χ3n) is 4.58. The highest BCUT2D eigenvalue weighted by Gasteiger charge is 2.16. The number of imidazole rings is 1. The molecule has 0 saturated heterocycles. The molecule has 0 amide bonds. The average Bonchev–Trinajstić information content (AvgIpc) is 3.50. The Morgan fingerprint density at radius 1 is 1.23 bits per heavy atom. The summed E-state index contributed by atoms with van der Waals surface area (Å²) in [6, 6.07) is 5.55. The van der Waals surface area contributed by atoms with Crippen LogP contribution in [0.3, 0.4) is 0 Å². The zero-order valence-corrected chi connectivity index (χ0v) is 16.9. The van der Waals surface area contributed by atoms with E-state index in [4.69, 9.17) is 16.7 Å². The molecule has 0 aliphatic carbocycles. The number of aromatic amines is 1. The number of nitrogens with zero attached hydrogens (tertiary/aromatic N) is 6. The number of rotatable bonds is 6. The van der Waals surface area contributed by atoms with E-state index < -0.39 is 6.10 Å². The number of halogens is 1. The van der Waals surface area contributed by atoms with Crippen molar-refractivity contribution in [1.29, 1.82) is 0 Å². The van der Waals surface area contributed by atoms with Crippen LogP contribution in [0.1, 0.15) is 0 Å². The fourth-order valence-electron chi connectivity index (χ4n) is 3.13. The summed E-state index contributed by atoms with van der Waals surface area (Å²) >= 11 is 7.82. The van der Waals surface area contributed by atoms with Gasteiger partial charge in [-0.25, -0.2) is 9.97 Å². The molecule has 4 heterocycles. The van der Waals surface area contributed by atoms with Gasteiger partial charge in [0.15, 0.2) is 10.7 Å². The molecule has 1 unspecified atom stereocenters. The minimum Gasteiger partial charge on any atom is -0.394 e. The van der Waals surface area contributed by atoms with E-state index in [9.17, 15) is 5.11 Å². The number of benzene rings is 1. The van der Waals surface area contributed by atoms with Gasteiger partial charge in [0.1, 0.15) is 5.52 Å². The lowest BCUT2D eigenvalue weighted by Gasteiger charge is -2.08. The summed E-state index contributed by atoms with van der Waals surface area (Å²) in [5, 5.41) is 40.0. The van der Waals surface area contributed by atoms with Crippen LogP contribution in [0.25, 0.3) is 32.6 Å². The number of aromatic nitrogens is 7. The van der Waals surface area contributed by atoms with Gasteiger partial charge in [-0.1, -0.05) is 22.9 Å². The molecule has 0 aliphatic rings. The molecule has 0 aliphatic heterocycles. The van der Waals surface area contributed by atoms with Crippen molar-refractivity contribution in [3.63, 3.8) is 0 Å². The van der Waals surface area contributed by atoms with Crippen LogP contribution < -0.4 is 5.32 Å². The van der Waals surface area contributed by atoms with Crippen LogP contribution in [0.4, 0.5) is 10.8 Å². The summed E-state index contributed by atoms with van der Waals surface area (Å²) in [6.07, 6.45) is 4.02. The number of nitrogens with one attached hydrogen (secondary N) is 2. The predicted octanol–water partition coefficient (Wildman–Crippen LogP) is 2.58. The van der Waals surface area contributed by atoms with Gasteiger partial charge >= 0.3 is 0 Å². The van der Waals surface area contributed by atoms with Crippen molar-refractivity contribution in [1.82, 2.24) is 34.9 Å². The van der Waals surface area contributed by atoms with Crippen LogP contribution in [0.15, 0.2) is 36.9 Å². The van der Waals surface area contributed by atoms with Crippen LogP contribution >= 0.6 is 22.9 Å².